The minimum Gasteiger partial charge on any atom is -0.338 e. The summed E-state index contributed by atoms with van der Waals surface area (Å²) in [5, 5.41) is 13.3. The maximum Gasteiger partial charge on any atom is 0.348 e. The van der Waals surface area contributed by atoms with Crippen molar-refractivity contribution in [2.24, 2.45) is 7.05 Å². The van der Waals surface area contributed by atoms with Crippen LogP contribution in [0.3, 0.4) is 0 Å². The van der Waals surface area contributed by atoms with Gasteiger partial charge in [0.2, 0.25) is 0 Å². The first-order valence-electron chi connectivity index (χ1n) is 4.91. The summed E-state index contributed by atoms with van der Waals surface area (Å²) in [4.78, 5) is 15.3. The van der Waals surface area contributed by atoms with Crippen molar-refractivity contribution in [2.45, 2.75) is 0 Å². The third kappa shape index (κ3) is 1.65. The van der Waals surface area contributed by atoms with E-state index in [1.165, 1.54) is 10.7 Å². The second kappa shape index (κ2) is 3.44. The number of nitrogens with one attached hydrogen (secondary N) is 2. The number of rotatable bonds is 2. The summed E-state index contributed by atoms with van der Waals surface area (Å²) in [6, 6.07) is 1.67. The van der Waals surface area contributed by atoms with E-state index in [0.717, 1.165) is 5.69 Å². The number of fused-ring (bicyclic) bond motifs is 1. The van der Waals surface area contributed by atoms with Gasteiger partial charge >= 0.3 is 5.69 Å². The van der Waals surface area contributed by atoms with Crippen molar-refractivity contribution < 1.29 is 0 Å². The predicted octanol–water partition coefficient (Wildman–Crippen LogP) is -0.105. The molecule has 0 spiro atoms. The van der Waals surface area contributed by atoms with E-state index in [9.17, 15) is 4.79 Å². The van der Waals surface area contributed by atoms with E-state index < -0.39 is 0 Å². The van der Waals surface area contributed by atoms with Crippen LogP contribution in [0.4, 0.5) is 11.5 Å². The SMILES string of the molecule is Cn1cc(Nc2cc3n[nH]c(=O)n3cn2)cn1. The van der Waals surface area contributed by atoms with Crippen LogP contribution in [0.1, 0.15) is 0 Å². The third-order valence-corrected chi connectivity index (χ3v) is 2.29. The maximum atomic E-state index is 11.2. The largest absolute Gasteiger partial charge is 0.348 e. The highest BCUT2D eigenvalue weighted by atomic mass is 16.1. The lowest BCUT2D eigenvalue weighted by Crippen LogP contribution is -2.09. The minimum absolute atomic E-state index is 0.305. The van der Waals surface area contributed by atoms with Gasteiger partial charge in [-0.2, -0.15) is 10.2 Å². The molecule has 0 aliphatic rings. The lowest BCUT2D eigenvalue weighted by Gasteiger charge is -2.01. The molecule has 3 aromatic rings. The van der Waals surface area contributed by atoms with Crippen molar-refractivity contribution in [3.8, 4) is 0 Å². The van der Waals surface area contributed by atoms with Crippen LogP contribution >= 0.6 is 0 Å². The molecular weight excluding hydrogens is 222 g/mol. The van der Waals surface area contributed by atoms with Gasteiger partial charge in [-0.15, -0.1) is 0 Å². The van der Waals surface area contributed by atoms with Crippen molar-refractivity contribution >= 4 is 17.2 Å². The highest BCUT2D eigenvalue weighted by Crippen LogP contribution is 2.12. The van der Waals surface area contributed by atoms with Gasteiger partial charge in [0.05, 0.1) is 11.9 Å². The molecule has 8 heteroatoms. The number of aryl methyl sites for hydroxylation is 1. The van der Waals surface area contributed by atoms with Crippen molar-refractivity contribution in [1.82, 2.24) is 29.4 Å². The van der Waals surface area contributed by atoms with Crippen molar-refractivity contribution in [1.29, 1.82) is 0 Å². The van der Waals surface area contributed by atoms with E-state index in [2.05, 4.69) is 25.6 Å². The summed E-state index contributed by atoms with van der Waals surface area (Å²) in [5.74, 6) is 0.601. The molecular formula is C9H9N7O. The zero-order valence-electron chi connectivity index (χ0n) is 8.95. The van der Waals surface area contributed by atoms with Gasteiger partial charge in [0.25, 0.3) is 0 Å². The summed E-state index contributed by atoms with van der Waals surface area (Å²) in [6.45, 7) is 0. The van der Waals surface area contributed by atoms with Crippen LogP contribution in [0.5, 0.6) is 0 Å². The Morgan fingerprint density at radius 2 is 2.35 bits per heavy atom. The molecule has 3 rings (SSSR count). The fraction of sp³-hybridized carbons (Fsp3) is 0.111. The molecule has 0 aliphatic carbocycles. The number of hydrogen-bond acceptors (Lipinski definition) is 5. The molecule has 0 atom stereocenters. The molecule has 0 saturated carbocycles. The first-order chi connectivity index (χ1) is 8.22. The van der Waals surface area contributed by atoms with Gasteiger partial charge in [0.1, 0.15) is 12.1 Å². The zero-order chi connectivity index (χ0) is 11.8. The molecule has 0 saturated heterocycles. The first kappa shape index (κ1) is 9.58. The van der Waals surface area contributed by atoms with Gasteiger partial charge in [-0.1, -0.05) is 0 Å². The van der Waals surface area contributed by atoms with Crippen LogP contribution in [0.2, 0.25) is 0 Å². The molecule has 3 heterocycles. The molecule has 0 radical (unpaired) electrons. The summed E-state index contributed by atoms with van der Waals surface area (Å²) < 4.78 is 3.01. The monoisotopic (exact) mass is 231 g/mol. The first-order valence-corrected chi connectivity index (χ1v) is 4.91. The highest BCUT2D eigenvalue weighted by Gasteiger charge is 2.03. The van der Waals surface area contributed by atoms with Gasteiger partial charge in [0, 0.05) is 19.3 Å². The van der Waals surface area contributed by atoms with Crippen molar-refractivity contribution in [3.63, 3.8) is 0 Å². The molecule has 0 unspecified atom stereocenters. The smallest absolute Gasteiger partial charge is 0.338 e. The maximum absolute atomic E-state index is 11.2. The molecule has 86 valence electrons. The van der Waals surface area contributed by atoms with Crippen molar-refractivity contribution in [3.05, 3.63) is 35.3 Å². The Labute approximate surface area is 94.9 Å². The average molecular weight is 231 g/mol. The molecule has 0 bridgehead atoms. The molecule has 8 nitrogen and oxygen atoms in total. The Morgan fingerprint density at radius 3 is 3.12 bits per heavy atom. The average Bonchev–Trinajstić information content (AvgIpc) is 2.87. The molecule has 0 amide bonds. The Balaban J connectivity index is 1.98. The lowest BCUT2D eigenvalue weighted by molar-refractivity contribution is 0.768. The quantitative estimate of drug-likeness (QED) is 0.642. The Kier molecular flexibility index (Phi) is 1.94. The summed E-state index contributed by atoms with van der Waals surface area (Å²) in [7, 11) is 1.83. The second-order valence-corrected chi connectivity index (χ2v) is 3.56. The molecule has 0 aromatic carbocycles. The molecule has 3 aromatic heterocycles. The highest BCUT2D eigenvalue weighted by molar-refractivity contribution is 5.58. The van der Waals surface area contributed by atoms with Crippen LogP contribution in [-0.4, -0.2) is 29.4 Å². The van der Waals surface area contributed by atoms with Gasteiger partial charge < -0.3 is 5.32 Å². The third-order valence-electron chi connectivity index (χ3n) is 2.29. The van der Waals surface area contributed by atoms with Crippen LogP contribution in [0, 0.1) is 0 Å². The van der Waals surface area contributed by atoms with E-state index in [1.807, 2.05) is 13.2 Å². The van der Waals surface area contributed by atoms with Crippen LogP contribution < -0.4 is 11.0 Å². The van der Waals surface area contributed by atoms with E-state index in [-0.39, 0.29) is 5.69 Å². The molecule has 0 aliphatic heterocycles. The second-order valence-electron chi connectivity index (χ2n) is 3.56. The van der Waals surface area contributed by atoms with Gasteiger partial charge in [-0.25, -0.2) is 19.3 Å². The summed E-state index contributed by atoms with van der Waals surface area (Å²) in [6.07, 6.45) is 4.92. The normalized spacial score (nSPS) is 10.9. The molecule has 17 heavy (non-hydrogen) atoms. The molecule has 2 N–H and O–H groups in total. The standard InChI is InChI=1S/C9H9N7O/c1-15-4-6(3-11-15)12-7-2-8-13-14-9(17)16(8)5-10-7/h2-5,12H,1H3,(H,14,17). The van der Waals surface area contributed by atoms with E-state index in [1.54, 1.807) is 16.9 Å². The lowest BCUT2D eigenvalue weighted by atomic mass is 10.5. The van der Waals surface area contributed by atoms with Crippen molar-refractivity contribution in [2.75, 3.05) is 5.32 Å². The van der Waals surface area contributed by atoms with Gasteiger partial charge in [0.15, 0.2) is 5.65 Å². The van der Waals surface area contributed by atoms with E-state index in [0.29, 0.717) is 11.5 Å². The fourth-order valence-electron chi connectivity index (χ4n) is 1.51. The Hall–Kier alpha value is -2.64. The van der Waals surface area contributed by atoms with E-state index in [4.69, 9.17) is 0 Å². The van der Waals surface area contributed by atoms with Gasteiger partial charge in [-0.3, -0.25) is 4.68 Å². The number of nitrogens with zero attached hydrogens (tertiary/aromatic N) is 5. The summed E-state index contributed by atoms with van der Waals surface area (Å²) >= 11 is 0. The predicted molar refractivity (Wildman–Crippen MR) is 60.1 cm³/mol. The summed E-state index contributed by atoms with van der Waals surface area (Å²) in [5.41, 5.74) is 1.03. The topological polar surface area (TPSA) is 92.9 Å². The van der Waals surface area contributed by atoms with Crippen LogP contribution in [0.15, 0.2) is 29.6 Å². The van der Waals surface area contributed by atoms with Crippen LogP contribution in [-0.2, 0) is 7.05 Å². The van der Waals surface area contributed by atoms with Gasteiger partial charge in [-0.05, 0) is 0 Å². The van der Waals surface area contributed by atoms with E-state index >= 15 is 0 Å². The zero-order valence-corrected chi connectivity index (χ0v) is 8.95. The fourth-order valence-corrected chi connectivity index (χ4v) is 1.51. The number of H-pyrrole nitrogens is 1. The Morgan fingerprint density at radius 1 is 1.47 bits per heavy atom. The van der Waals surface area contributed by atoms with Crippen LogP contribution in [0.25, 0.3) is 5.65 Å². The number of aromatic nitrogens is 6. The number of anilines is 2. The molecule has 0 fully saturated rings. The minimum atomic E-state index is -0.305. The Bertz CT molecular complexity index is 722. The number of hydrogen-bond donors (Lipinski definition) is 2. The number of aromatic amines is 1.